The molecule has 0 heterocycles. The van der Waals surface area contributed by atoms with Gasteiger partial charge in [-0.05, 0) is 0 Å². The van der Waals surface area contributed by atoms with Crippen LogP contribution >= 0.6 is 0 Å². The van der Waals surface area contributed by atoms with Crippen LogP contribution in [0.5, 0.6) is 0 Å². The molecule has 0 radical (unpaired) electrons. The second kappa shape index (κ2) is 5.41. The third kappa shape index (κ3) is 31.6. The van der Waals surface area contributed by atoms with Crippen molar-refractivity contribution in [1.82, 2.24) is 0 Å². The Kier molecular flexibility index (Phi) is 10.4. The zero-order valence-corrected chi connectivity index (χ0v) is 6.55. The Morgan fingerprint density at radius 1 is 1.60 bits per heavy atom. The molecule has 0 amide bonds. The Bertz CT molecular complexity index is 38.7. The van der Waals surface area contributed by atoms with Crippen molar-refractivity contribution >= 4 is 48.5 Å². The maximum absolute atomic E-state index is 9.56. The van der Waals surface area contributed by atoms with E-state index in [0.717, 1.165) is 0 Å². The van der Waals surface area contributed by atoms with E-state index < -0.39 is 10.8 Å². The van der Waals surface area contributed by atoms with Gasteiger partial charge in [-0.1, -0.05) is 0 Å². The quantitative estimate of drug-likeness (QED) is 0.406. The predicted octanol–water partition coefficient (Wildman–Crippen LogP) is -0.161. The molecular formula is C2H8CaOS. The normalized spacial score (nSPS) is 7.00. The molecule has 0 fully saturated rings. The molecule has 0 atom stereocenters. The monoisotopic (exact) mass is 120 g/mol. The second-order valence-corrected chi connectivity index (χ2v) is 2.22. The number of hydrogen-bond donors (Lipinski definition) is 0. The van der Waals surface area contributed by atoms with Gasteiger partial charge in [0.15, 0.2) is 0 Å². The van der Waals surface area contributed by atoms with Crippen LogP contribution in [0.3, 0.4) is 0 Å². The van der Waals surface area contributed by atoms with Crippen LogP contribution in [-0.2, 0) is 10.8 Å². The summed E-state index contributed by atoms with van der Waals surface area (Å²) in [5.74, 6) is 0. The molecule has 0 aliphatic carbocycles. The fourth-order valence-corrected chi connectivity index (χ4v) is 0. The summed E-state index contributed by atoms with van der Waals surface area (Å²) in [7, 11) is -0.611. The van der Waals surface area contributed by atoms with Crippen LogP contribution in [0.2, 0.25) is 0 Å². The van der Waals surface area contributed by atoms with Crippen molar-refractivity contribution in [2.24, 2.45) is 0 Å². The van der Waals surface area contributed by atoms with E-state index in [4.69, 9.17) is 0 Å². The van der Waals surface area contributed by atoms with Gasteiger partial charge in [0.1, 0.15) is 0 Å². The second-order valence-electron chi connectivity index (χ2n) is 0.742. The van der Waals surface area contributed by atoms with E-state index in [1.165, 1.54) is 0 Å². The zero-order valence-electron chi connectivity index (χ0n) is 5.52. The Balaban J connectivity index is -0.0000000150. The molecule has 0 rings (SSSR count). The molecule has 5 heavy (non-hydrogen) atoms. The SMILES string of the molecule is CS(C)=O.[Ca+2].[H-].[H-]. The van der Waals surface area contributed by atoms with E-state index in [-0.39, 0.29) is 40.6 Å². The molecule has 30 valence electrons. The van der Waals surface area contributed by atoms with Gasteiger partial charge < -0.3 is 2.85 Å². The van der Waals surface area contributed by atoms with Crippen LogP contribution in [0.15, 0.2) is 0 Å². The van der Waals surface area contributed by atoms with Crippen LogP contribution in [0.4, 0.5) is 0 Å². The predicted molar refractivity (Wildman–Crippen MR) is 28.0 cm³/mol. The van der Waals surface area contributed by atoms with Crippen LogP contribution in [0.25, 0.3) is 0 Å². The van der Waals surface area contributed by atoms with Crippen molar-refractivity contribution in [2.75, 3.05) is 12.5 Å². The zero-order chi connectivity index (χ0) is 3.58. The molecule has 0 unspecified atom stereocenters. The van der Waals surface area contributed by atoms with Gasteiger partial charge in [-0.2, -0.15) is 0 Å². The molecule has 0 saturated heterocycles. The molecular weight excluding hydrogens is 112 g/mol. The van der Waals surface area contributed by atoms with Crippen molar-refractivity contribution in [3.05, 3.63) is 0 Å². The Morgan fingerprint density at radius 3 is 1.60 bits per heavy atom. The Hall–Kier alpha value is 1.41. The third-order valence-corrected chi connectivity index (χ3v) is 0. The summed E-state index contributed by atoms with van der Waals surface area (Å²) < 4.78 is 9.56. The van der Waals surface area contributed by atoms with Gasteiger partial charge in [0.25, 0.3) is 0 Å². The maximum atomic E-state index is 9.56. The van der Waals surface area contributed by atoms with Gasteiger partial charge in [-0.3, -0.25) is 4.21 Å². The Morgan fingerprint density at radius 2 is 1.60 bits per heavy atom. The van der Waals surface area contributed by atoms with Gasteiger partial charge in [0, 0.05) is 23.3 Å². The molecule has 0 bridgehead atoms. The first kappa shape index (κ1) is 9.65. The van der Waals surface area contributed by atoms with E-state index in [2.05, 4.69) is 0 Å². The average molecular weight is 120 g/mol. The van der Waals surface area contributed by atoms with Gasteiger partial charge >= 0.3 is 37.7 Å². The summed E-state index contributed by atoms with van der Waals surface area (Å²) in [4.78, 5) is 0. The molecule has 1 nitrogen and oxygen atoms in total. The summed E-state index contributed by atoms with van der Waals surface area (Å²) >= 11 is 0. The van der Waals surface area contributed by atoms with Crippen molar-refractivity contribution in [3.63, 3.8) is 0 Å². The number of rotatable bonds is 0. The largest absolute Gasteiger partial charge is 2.00 e. The minimum Gasteiger partial charge on any atom is -1.00 e. The van der Waals surface area contributed by atoms with Crippen LogP contribution in [0.1, 0.15) is 2.85 Å². The van der Waals surface area contributed by atoms with E-state index in [1.54, 1.807) is 12.5 Å². The summed E-state index contributed by atoms with van der Waals surface area (Å²) in [6.45, 7) is 0. The fourth-order valence-electron chi connectivity index (χ4n) is 0. The first-order chi connectivity index (χ1) is 1.73. The van der Waals surface area contributed by atoms with Gasteiger partial charge in [-0.25, -0.2) is 0 Å². The minimum atomic E-state index is -0.611. The topological polar surface area (TPSA) is 17.1 Å². The molecule has 3 heteroatoms. The first-order valence-corrected chi connectivity index (χ1v) is 2.95. The van der Waals surface area contributed by atoms with E-state index in [9.17, 15) is 4.21 Å². The Labute approximate surface area is 67.6 Å². The summed E-state index contributed by atoms with van der Waals surface area (Å²) in [5.41, 5.74) is 0. The summed E-state index contributed by atoms with van der Waals surface area (Å²) in [5, 5.41) is 0. The molecule has 0 aromatic carbocycles. The van der Waals surface area contributed by atoms with Crippen molar-refractivity contribution < 1.29 is 7.06 Å². The third-order valence-electron chi connectivity index (χ3n) is 0. The van der Waals surface area contributed by atoms with Gasteiger partial charge in [0.05, 0.1) is 0 Å². The number of hydrogen-bond acceptors (Lipinski definition) is 1. The fraction of sp³-hybridized carbons (Fsp3) is 1.00. The van der Waals surface area contributed by atoms with Crippen molar-refractivity contribution in [2.45, 2.75) is 0 Å². The molecule has 0 aromatic heterocycles. The molecule has 0 spiro atoms. The van der Waals surface area contributed by atoms with Gasteiger partial charge in [-0.15, -0.1) is 0 Å². The average Bonchev–Trinajstić information content (AvgIpc) is 0.811. The van der Waals surface area contributed by atoms with Crippen LogP contribution < -0.4 is 0 Å². The van der Waals surface area contributed by atoms with Gasteiger partial charge in [0.2, 0.25) is 0 Å². The molecule has 0 aliphatic heterocycles. The first-order valence-electron chi connectivity index (χ1n) is 0.983. The molecule has 0 aromatic rings. The molecule has 0 N–H and O–H groups in total. The summed E-state index contributed by atoms with van der Waals surface area (Å²) in [6, 6.07) is 0. The molecule has 0 saturated carbocycles. The smallest absolute Gasteiger partial charge is 1.00 e. The van der Waals surface area contributed by atoms with Crippen molar-refractivity contribution in [1.29, 1.82) is 0 Å². The van der Waals surface area contributed by atoms with Crippen LogP contribution in [-0.4, -0.2) is 54.5 Å². The summed E-state index contributed by atoms with van der Waals surface area (Å²) in [6.07, 6.45) is 3.28. The van der Waals surface area contributed by atoms with E-state index >= 15 is 0 Å². The molecule has 0 aliphatic rings. The standard InChI is InChI=1S/C2H6OS.Ca.2H/c1-4(2)3;;;/h1-2H3;;;/q;+2;2*-1. The van der Waals surface area contributed by atoms with E-state index in [1.807, 2.05) is 0 Å². The van der Waals surface area contributed by atoms with E-state index in [0.29, 0.717) is 0 Å². The minimum absolute atomic E-state index is 0. The van der Waals surface area contributed by atoms with Crippen molar-refractivity contribution in [3.8, 4) is 0 Å². The maximum Gasteiger partial charge on any atom is 2.00 e. The van der Waals surface area contributed by atoms with Crippen LogP contribution in [0, 0.1) is 0 Å².